The molecule has 0 spiro atoms. The molecule has 1 amide bonds. The highest BCUT2D eigenvalue weighted by atomic mass is 32.2. The lowest BCUT2D eigenvalue weighted by atomic mass is 10.1. The van der Waals surface area contributed by atoms with Crippen molar-refractivity contribution in [3.05, 3.63) is 67.0 Å². The number of ether oxygens (including phenoxy) is 1. The Bertz CT molecular complexity index is 974. The summed E-state index contributed by atoms with van der Waals surface area (Å²) in [5, 5.41) is 0.798. The Kier molecular flexibility index (Phi) is 6.49. The van der Waals surface area contributed by atoms with Crippen molar-refractivity contribution >= 4 is 23.4 Å². The van der Waals surface area contributed by atoms with Gasteiger partial charge in [-0.1, -0.05) is 30.0 Å². The molecule has 30 heavy (non-hydrogen) atoms. The molecule has 0 radical (unpaired) electrons. The van der Waals surface area contributed by atoms with E-state index in [1.165, 1.54) is 17.4 Å². The van der Waals surface area contributed by atoms with E-state index in [9.17, 15) is 4.79 Å². The maximum Gasteiger partial charge on any atom is 0.233 e. The highest BCUT2D eigenvalue weighted by Gasteiger charge is 2.21. The molecule has 0 atom stereocenters. The van der Waals surface area contributed by atoms with Gasteiger partial charge in [-0.25, -0.2) is 9.97 Å². The summed E-state index contributed by atoms with van der Waals surface area (Å²) in [6, 6.07) is 20.0. The highest BCUT2D eigenvalue weighted by molar-refractivity contribution is 7.99. The minimum atomic E-state index is 0.150. The predicted octanol–water partition coefficient (Wildman–Crippen LogP) is 3.59. The van der Waals surface area contributed by atoms with Gasteiger partial charge in [-0.15, -0.1) is 0 Å². The van der Waals surface area contributed by atoms with Gasteiger partial charge in [0.1, 0.15) is 17.1 Å². The number of para-hydroxylation sites is 1. The number of thioether (sulfide) groups is 1. The normalized spacial score (nSPS) is 13.9. The minimum Gasteiger partial charge on any atom is -0.497 e. The van der Waals surface area contributed by atoms with Crippen molar-refractivity contribution in [1.82, 2.24) is 14.9 Å². The number of carbonyl (C=O) groups is 1. The number of amides is 1. The minimum absolute atomic E-state index is 0.150. The van der Waals surface area contributed by atoms with Crippen LogP contribution in [0.5, 0.6) is 5.75 Å². The second kappa shape index (κ2) is 9.63. The number of hydrogen-bond acceptors (Lipinski definition) is 6. The Labute approximate surface area is 180 Å². The maximum absolute atomic E-state index is 12.7. The largest absolute Gasteiger partial charge is 0.497 e. The number of benzene rings is 2. The number of rotatable bonds is 6. The van der Waals surface area contributed by atoms with Crippen LogP contribution in [-0.2, 0) is 4.79 Å². The summed E-state index contributed by atoms with van der Waals surface area (Å²) in [5.41, 5.74) is 3.04. The lowest BCUT2D eigenvalue weighted by molar-refractivity contribution is -0.128. The fraction of sp³-hybridized carbons (Fsp3) is 0.261. The number of nitrogens with zero attached hydrogens (tertiary/aromatic N) is 4. The molecule has 1 saturated heterocycles. The molecule has 1 aliphatic heterocycles. The molecule has 1 fully saturated rings. The molecular formula is C23H24N4O2S. The Morgan fingerprint density at radius 1 is 1.00 bits per heavy atom. The van der Waals surface area contributed by atoms with Gasteiger partial charge >= 0.3 is 0 Å². The standard InChI is InChI=1S/C23H24N4O2S/c1-29-20-9-7-18(8-10-20)21-15-22(25-17-24-21)30-16-23(28)27-13-11-26(12-14-27)19-5-3-2-4-6-19/h2-10,15,17H,11-14,16H2,1H3. The van der Waals surface area contributed by atoms with Gasteiger partial charge in [-0.3, -0.25) is 4.79 Å². The van der Waals surface area contributed by atoms with Crippen LogP contribution in [0.15, 0.2) is 72.0 Å². The van der Waals surface area contributed by atoms with Crippen molar-refractivity contribution in [2.75, 3.05) is 43.9 Å². The number of carbonyl (C=O) groups excluding carboxylic acids is 1. The molecule has 154 valence electrons. The average molecular weight is 421 g/mol. The van der Waals surface area contributed by atoms with Crippen LogP contribution in [0.25, 0.3) is 11.3 Å². The van der Waals surface area contributed by atoms with Crippen LogP contribution in [0.4, 0.5) is 5.69 Å². The number of piperazine rings is 1. The summed E-state index contributed by atoms with van der Waals surface area (Å²) in [6.45, 7) is 3.20. The SMILES string of the molecule is COc1ccc(-c2cc(SCC(=O)N3CCN(c4ccccc4)CC3)ncn2)cc1. The van der Waals surface area contributed by atoms with Crippen molar-refractivity contribution in [2.24, 2.45) is 0 Å². The molecule has 4 rings (SSSR count). The molecule has 2 heterocycles. The Morgan fingerprint density at radius 2 is 1.73 bits per heavy atom. The molecule has 3 aromatic rings. The van der Waals surface area contributed by atoms with E-state index < -0.39 is 0 Å². The van der Waals surface area contributed by atoms with Crippen molar-refractivity contribution in [3.63, 3.8) is 0 Å². The zero-order chi connectivity index (χ0) is 20.8. The first kappa shape index (κ1) is 20.2. The molecular weight excluding hydrogens is 396 g/mol. The monoisotopic (exact) mass is 420 g/mol. The van der Waals surface area contributed by atoms with Crippen molar-refractivity contribution in [3.8, 4) is 17.0 Å². The number of hydrogen-bond donors (Lipinski definition) is 0. The summed E-state index contributed by atoms with van der Waals surface area (Å²) < 4.78 is 5.20. The second-order valence-corrected chi connectivity index (χ2v) is 7.96. The first-order valence-corrected chi connectivity index (χ1v) is 10.9. The van der Waals surface area contributed by atoms with Crippen LogP contribution >= 0.6 is 11.8 Å². The van der Waals surface area contributed by atoms with Gasteiger partial charge in [-0.05, 0) is 42.5 Å². The third-order valence-electron chi connectivity index (χ3n) is 5.13. The first-order valence-electron chi connectivity index (χ1n) is 9.90. The molecule has 1 aliphatic rings. The average Bonchev–Trinajstić information content (AvgIpc) is 2.83. The van der Waals surface area contributed by atoms with Crippen LogP contribution in [0.1, 0.15) is 0 Å². The molecule has 6 nitrogen and oxygen atoms in total. The molecule has 0 saturated carbocycles. The maximum atomic E-state index is 12.7. The first-order chi connectivity index (χ1) is 14.7. The quantitative estimate of drug-likeness (QED) is 0.449. The van der Waals surface area contributed by atoms with Crippen LogP contribution in [0.3, 0.4) is 0 Å². The lowest BCUT2D eigenvalue weighted by Gasteiger charge is -2.36. The van der Waals surface area contributed by atoms with Gasteiger partial charge in [-0.2, -0.15) is 0 Å². The van der Waals surface area contributed by atoms with Gasteiger partial charge in [0, 0.05) is 37.4 Å². The van der Waals surface area contributed by atoms with Crippen LogP contribution < -0.4 is 9.64 Å². The molecule has 0 N–H and O–H groups in total. The smallest absolute Gasteiger partial charge is 0.233 e. The van der Waals surface area contributed by atoms with E-state index in [0.717, 1.165) is 48.2 Å². The van der Waals surface area contributed by atoms with Gasteiger partial charge in [0.05, 0.1) is 18.6 Å². The van der Waals surface area contributed by atoms with Crippen LogP contribution in [0, 0.1) is 0 Å². The van der Waals surface area contributed by atoms with Gasteiger partial charge < -0.3 is 14.5 Å². The summed E-state index contributed by atoms with van der Waals surface area (Å²) >= 11 is 1.46. The van der Waals surface area contributed by atoms with Gasteiger partial charge in [0.25, 0.3) is 0 Å². The van der Waals surface area contributed by atoms with E-state index in [0.29, 0.717) is 5.75 Å². The van der Waals surface area contributed by atoms with E-state index in [2.05, 4.69) is 27.0 Å². The van der Waals surface area contributed by atoms with E-state index in [-0.39, 0.29) is 5.91 Å². The predicted molar refractivity (Wildman–Crippen MR) is 120 cm³/mol. The molecule has 0 bridgehead atoms. The van der Waals surface area contributed by atoms with E-state index in [4.69, 9.17) is 4.74 Å². The van der Waals surface area contributed by atoms with Crippen LogP contribution in [-0.4, -0.2) is 59.8 Å². The Morgan fingerprint density at radius 3 is 2.43 bits per heavy atom. The van der Waals surface area contributed by atoms with Crippen molar-refractivity contribution < 1.29 is 9.53 Å². The van der Waals surface area contributed by atoms with Gasteiger partial charge in [0.15, 0.2) is 0 Å². The number of anilines is 1. The van der Waals surface area contributed by atoms with Crippen molar-refractivity contribution in [1.29, 1.82) is 0 Å². The Balaban J connectivity index is 1.31. The van der Waals surface area contributed by atoms with Crippen LogP contribution in [0.2, 0.25) is 0 Å². The molecule has 0 unspecified atom stereocenters. The van der Waals surface area contributed by atoms with E-state index in [1.54, 1.807) is 13.4 Å². The third kappa shape index (κ3) is 4.91. The lowest BCUT2D eigenvalue weighted by Crippen LogP contribution is -2.49. The van der Waals surface area contributed by atoms with Crippen molar-refractivity contribution in [2.45, 2.75) is 5.03 Å². The highest BCUT2D eigenvalue weighted by Crippen LogP contribution is 2.24. The fourth-order valence-corrected chi connectivity index (χ4v) is 4.19. The zero-order valence-corrected chi connectivity index (χ0v) is 17.7. The topological polar surface area (TPSA) is 58.6 Å². The molecule has 1 aromatic heterocycles. The van der Waals surface area contributed by atoms with E-state index in [1.807, 2.05) is 53.4 Å². The third-order valence-corrected chi connectivity index (χ3v) is 6.04. The second-order valence-electron chi connectivity index (χ2n) is 6.96. The van der Waals surface area contributed by atoms with E-state index >= 15 is 0 Å². The molecule has 7 heteroatoms. The summed E-state index contributed by atoms with van der Waals surface area (Å²) in [5.74, 6) is 1.34. The van der Waals surface area contributed by atoms with Gasteiger partial charge in [0.2, 0.25) is 5.91 Å². The zero-order valence-electron chi connectivity index (χ0n) is 16.9. The molecule has 0 aliphatic carbocycles. The summed E-state index contributed by atoms with van der Waals surface area (Å²) in [7, 11) is 1.65. The summed E-state index contributed by atoms with van der Waals surface area (Å²) in [4.78, 5) is 25.6. The number of aromatic nitrogens is 2. The Hall–Kier alpha value is -3.06. The fourth-order valence-electron chi connectivity index (χ4n) is 3.42. The summed E-state index contributed by atoms with van der Waals surface area (Å²) in [6.07, 6.45) is 1.55. The molecule has 2 aromatic carbocycles. The number of methoxy groups -OCH3 is 1.